The van der Waals surface area contributed by atoms with Crippen LogP contribution in [0.4, 0.5) is 10.2 Å². The van der Waals surface area contributed by atoms with Crippen molar-refractivity contribution in [2.75, 3.05) is 24.5 Å². The van der Waals surface area contributed by atoms with Gasteiger partial charge in [-0.2, -0.15) is 5.10 Å². The van der Waals surface area contributed by atoms with Gasteiger partial charge >= 0.3 is 0 Å². The molecule has 6 rings (SSSR count). The maximum Gasteiger partial charge on any atom is 0.271 e. The fourth-order valence-corrected chi connectivity index (χ4v) is 5.57. The molecular formula is C26H29FN6O. The van der Waals surface area contributed by atoms with Gasteiger partial charge in [-0.1, -0.05) is 0 Å². The highest BCUT2D eigenvalue weighted by Crippen LogP contribution is 2.34. The molecule has 1 amide bonds. The smallest absolute Gasteiger partial charge is 0.271 e. The Bertz CT molecular complexity index is 1400. The number of fused-ring (bicyclic) bond motifs is 2. The third-order valence-corrected chi connectivity index (χ3v) is 7.37. The molecular weight excluding hydrogens is 431 g/mol. The maximum absolute atomic E-state index is 13.8. The molecule has 0 radical (unpaired) electrons. The monoisotopic (exact) mass is 460 g/mol. The second-order valence-corrected chi connectivity index (χ2v) is 9.64. The van der Waals surface area contributed by atoms with Crippen LogP contribution in [-0.2, 0) is 0 Å². The van der Waals surface area contributed by atoms with Gasteiger partial charge in [0.25, 0.3) is 5.91 Å². The van der Waals surface area contributed by atoms with Gasteiger partial charge in [-0.25, -0.2) is 13.9 Å². The van der Waals surface area contributed by atoms with Crippen molar-refractivity contribution in [1.82, 2.24) is 24.5 Å². The molecule has 0 unspecified atom stereocenters. The minimum Gasteiger partial charge on any atom is -0.356 e. The van der Waals surface area contributed by atoms with Crippen LogP contribution >= 0.6 is 0 Å². The molecule has 1 atom stereocenters. The van der Waals surface area contributed by atoms with Gasteiger partial charge in [-0.05, 0) is 69.7 Å². The number of nitrogens with zero attached hydrogens (tertiary/aromatic N) is 5. The molecule has 0 bridgehead atoms. The number of H-pyrrole nitrogens is 1. The number of aromatic nitrogens is 4. The molecule has 3 aromatic heterocycles. The van der Waals surface area contributed by atoms with Crippen LogP contribution in [0.5, 0.6) is 0 Å². The number of carbonyl (C=O) groups excluding carboxylic acids is 1. The highest BCUT2D eigenvalue weighted by atomic mass is 19.1. The second kappa shape index (κ2) is 8.11. The molecule has 1 aromatic carbocycles. The van der Waals surface area contributed by atoms with Crippen LogP contribution in [0.25, 0.3) is 16.6 Å². The summed E-state index contributed by atoms with van der Waals surface area (Å²) in [5, 5.41) is 5.60. The van der Waals surface area contributed by atoms with Crippen molar-refractivity contribution in [1.29, 1.82) is 0 Å². The van der Waals surface area contributed by atoms with E-state index in [-0.39, 0.29) is 17.8 Å². The van der Waals surface area contributed by atoms with E-state index >= 15 is 0 Å². The SMILES string of the molecule is Cc1cn2nc([C@@H]3CCCCN3C(=O)c3[nH]c4ccc(F)cc4c3C)cc2nc1N1CCCC1. The third-order valence-electron chi connectivity index (χ3n) is 7.37. The Hall–Kier alpha value is -3.42. The van der Waals surface area contributed by atoms with Crippen molar-refractivity contribution in [3.05, 3.63) is 58.8 Å². The number of piperidine rings is 1. The van der Waals surface area contributed by atoms with Crippen molar-refractivity contribution in [2.24, 2.45) is 0 Å². The molecule has 2 saturated heterocycles. The fraction of sp³-hybridized carbons (Fsp3) is 0.423. The maximum atomic E-state index is 13.8. The Kier molecular flexibility index (Phi) is 5.04. The molecule has 5 heterocycles. The summed E-state index contributed by atoms with van der Waals surface area (Å²) < 4.78 is 15.6. The normalized spacial score (nSPS) is 19.0. The average Bonchev–Trinajstić information content (AvgIpc) is 3.57. The first-order valence-electron chi connectivity index (χ1n) is 12.2. The Morgan fingerprint density at radius 1 is 1.09 bits per heavy atom. The topological polar surface area (TPSA) is 69.5 Å². The third kappa shape index (κ3) is 3.43. The predicted octanol–water partition coefficient (Wildman–Crippen LogP) is 4.93. The lowest BCUT2D eigenvalue weighted by atomic mass is 9.98. The number of amides is 1. The number of rotatable bonds is 3. The lowest BCUT2D eigenvalue weighted by molar-refractivity contribution is 0.0600. The van der Waals surface area contributed by atoms with Gasteiger partial charge in [-0.15, -0.1) is 0 Å². The van der Waals surface area contributed by atoms with Gasteiger partial charge in [0, 0.05) is 48.4 Å². The molecule has 34 heavy (non-hydrogen) atoms. The molecule has 1 N–H and O–H groups in total. The van der Waals surface area contributed by atoms with Gasteiger partial charge in [0.15, 0.2) is 5.65 Å². The first-order valence-corrected chi connectivity index (χ1v) is 12.2. The van der Waals surface area contributed by atoms with Crippen LogP contribution in [0.15, 0.2) is 30.5 Å². The van der Waals surface area contributed by atoms with Crippen molar-refractivity contribution in [3.8, 4) is 0 Å². The molecule has 0 saturated carbocycles. The minimum atomic E-state index is -0.301. The number of halogens is 1. The molecule has 7 nitrogen and oxygen atoms in total. The number of likely N-dealkylation sites (tertiary alicyclic amines) is 1. The van der Waals surface area contributed by atoms with Gasteiger partial charge < -0.3 is 14.8 Å². The summed E-state index contributed by atoms with van der Waals surface area (Å²) in [7, 11) is 0. The van der Waals surface area contributed by atoms with E-state index in [2.05, 4.69) is 16.8 Å². The lowest BCUT2D eigenvalue weighted by Gasteiger charge is -2.34. The predicted molar refractivity (Wildman–Crippen MR) is 130 cm³/mol. The average molecular weight is 461 g/mol. The Morgan fingerprint density at radius 2 is 1.88 bits per heavy atom. The number of nitrogens with one attached hydrogen (secondary N) is 1. The number of benzene rings is 1. The molecule has 2 fully saturated rings. The Labute approximate surface area is 197 Å². The summed E-state index contributed by atoms with van der Waals surface area (Å²) in [6.45, 7) is 6.72. The van der Waals surface area contributed by atoms with Gasteiger partial charge in [0.2, 0.25) is 0 Å². The van der Waals surface area contributed by atoms with E-state index in [0.29, 0.717) is 12.2 Å². The number of anilines is 1. The lowest BCUT2D eigenvalue weighted by Crippen LogP contribution is -2.39. The minimum absolute atomic E-state index is 0.0576. The first-order chi connectivity index (χ1) is 16.5. The second-order valence-electron chi connectivity index (χ2n) is 9.64. The Balaban J connectivity index is 1.36. The van der Waals surface area contributed by atoms with E-state index in [1.165, 1.54) is 25.0 Å². The summed E-state index contributed by atoms with van der Waals surface area (Å²) in [5.41, 5.74) is 4.89. The van der Waals surface area contributed by atoms with Crippen LogP contribution in [-0.4, -0.2) is 50.0 Å². The van der Waals surface area contributed by atoms with Crippen LogP contribution < -0.4 is 4.90 Å². The number of hydrogen-bond donors (Lipinski definition) is 1. The summed E-state index contributed by atoms with van der Waals surface area (Å²) in [4.78, 5) is 26.1. The number of carbonyl (C=O) groups is 1. The Morgan fingerprint density at radius 3 is 2.71 bits per heavy atom. The molecule has 8 heteroatoms. The van der Waals surface area contributed by atoms with E-state index in [0.717, 1.165) is 71.5 Å². The van der Waals surface area contributed by atoms with Gasteiger partial charge in [-0.3, -0.25) is 4.79 Å². The van der Waals surface area contributed by atoms with Crippen LogP contribution in [0.2, 0.25) is 0 Å². The highest BCUT2D eigenvalue weighted by molar-refractivity contribution is 6.01. The first kappa shape index (κ1) is 21.1. The van der Waals surface area contributed by atoms with Gasteiger partial charge in [0.05, 0.1) is 11.7 Å². The number of aryl methyl sites for hydroxylation is 2. The molecule has 0 spiro atoms. The standard InChI is InChI=1S/C26H29FN6O/c1-16-15-33-23(29-25(16)31-10-5-6-11-31)14-21(30-33)22-7-3-4-12-32(22)26(34)24-17(2)19-13-18(27)8-9-20(19)28-24/h8-9,13-15,22,28H,3-7,10-12H2,1-2H3/t22-/m0/s1. The number of hydrogen-bond acceptors (Lipinski definition) is 4. The largest absolute Gasteiger partial charge is 0.356 e. The van der Waals surface area contributed by atoms with E-state index in [9.17, 15) is 9.18 Å². The quantitative estimate of drug-likeness (QED) is 0.471. The molecule has 4 aromatic rings. The van der Waals surface area contributed by atoms with Crippen LogP contribution in [0.1, 0.15) is 65.5 Å². The van der Waals surface area contributed by atoms with Crippen molar-refractivity contribution in [3.63, 3.8) is 0 Å². The van der Waals surface area contributed by atoms with Crippen molar-refractivity contribution >= 4 is 28.3 Å². The number of aromatic amines is 1. The summed E-state index contributed by atoms with van der Waals surface area (Å²) in [5.74, 6) is 0.678. The van der Waals surface area contributed by atoms with Crippen molar-refractivity contribution in [2.45, 2.75) is 52.0 Å². The van der Waals surface area contributed by atoms with Crippen LogP contribution in [0.3, 0.4) is 0 Å². The van der Waals surface area contributed by atoms with E-state index in [1.807, 2.05) is 28.6 Å². The van der Waals surface area contributed by atoms with Gasteiger partial charge in [0.1, 0.15) is 17.3 Å². The summed E-state index contributed by atoms with van der Waals surface area (Å²) in [6, 6.07) is 6.51. The molecule has 2 aliphatic rings. The zero-order chi connectivity index (χ0) is 23.4. The van der Waals surface area contributed by atoms with E-state index in [4.69, 9.17) is 10.1 Å². The summed E-state index contributed by atoms with van der Waals surface area (Å²) >= 11 is 0. The van der Waals surface area contributed by atoms with Crippen LogP contribution in [0, 0.1) is 19.7 Å². The van der Waals surface area contributed by atoms with E-state index < -0.39 is 0 Å². The van der Waals surface area contributed by atoms with E-state index in [1.54, 1.807) is 6.07 Å². The molecule has 176 valence electrons. The molecule has 2 aliphatic heterocycles. The zero-order valence-electron chi connectivity index (χ0n) is 19.6. The fourth-order valence-electron chi connectivity index (χ4n) is 5.57. The zero-order valence-corrected chi connectivity index (χ0v) is 19.6. The highest BCUT2D eigenvalue weighted by Gasteiger charge is 2.32. The summed E-state index contributed by atoms with van der Waals surface area (Å²) in [6.07, 6.45) is 7.32. The van der Waals surface area contributed by atoms with Crippen molar-refractivity contribution < 1.29 is 9.18 Å². The molecule has 0 aliphatic carbocycles.